The predicted octanol–water partition coefficient (Wildman–Crippen LogP) is 3.17. The Morgan fingerprint density at radius 2 is 2.21 bits per heavy atom. The fraction of sp³-hybridized carbons (Fsp3) is 0.267. The molecule has 0 amide bonds. The molecule has 1 N–H and O–H groups in total. The average molecular weight is 271 g/mol. The summed E-state index contributed by atoms with van der Waals surface area (Å²) in [6, 6.07) is 8.80. The van der Waals surface area contributed by atoms with E-state index >= 15 is 0 Å². The number of nitrogens with one attached hydrogen (secondary N) is 1. The monoisotopic (exact) mass is 271 g/mol. The van der Waals surface area contributed by atoms with E-state index in [4.69, 9.17) is 0 Å². The molecule has 0 saturated heterocycles. The first-order chi connectivity index (χ1) is 9.26. The van der Waals surface area contributed by atoms with Crippen LogP contribution in [-0.2, 0) is 13.1 Å². The molecule has 2 aromatic heterocycles. The summed E-state index contributed by atoms with van der Waals surface area (Å²) in [5.41, 5.74) is 3.69. The minimum atomic E-state index is 0.855. The van der Waals surface area contributed by atoms with Crippen LogP contribution in [-0.4, -0.2) is 16.6 Å². The summed E-state index contributed by atoms with van der Waals surface area (Å²) >= 11 is 1.73. The van der Waals surface area contributed by atoms with Crippen molar-refractivity contribution in [2.45, 2.75) is 20.0 Å². The highest BCUT2D eigenvalue weighted by atomic mass is 32.1. The van der Waals surface area contributed by atoms with Gasteiger partial charge in [0.1, 0.15) is 5.01 Å². The van der Waals surface area contributed by atoms with Crippen LogP contribution in [0.15, 0.2) is 35.8 Å². The zero-order valence-corrected chi connectivity index (χ0v) is 12.0. The van der Waals surface area contributed by atoms with Gasteiger partial charge >= 0.3 is 0 Å². The van der Waals surface area contributed by atoms with Gasteiger partial charge in [-0.1, -0.05) is 6.07 Å². The Morgan fingerprint density at radius 1 is 1.32 bits per heavy atom. The van der Waals surface area contributed by atoms with Crippen molar-refractivity contribution >= 4 is 22.2 Å². The Balaban J connectivity index is 1.92. The molecule has 4 heteroatoms. The minimum absolute atomic E-state index is 0.855. The fourth-order valence-electron chi connectivity index (χ4n) is 2.32. The summed E-state index contributed by atoms with van der Waals surface area (Å²) in [5, 5.41) is 7.74. The number of hydrogen-bond acceptors (Lipinski definition) is 3. The highest BCUT2D eigenvalue weighted by Gasteiger charge is 2.05. The number of nitrogens with zero attached hydrogens (tertiary/aromatic N) is 2. The Hall–Kier alpha value is -1.65. The lowest BCUT2D eigenvalue weighted by Crippen LogP contribution is -2.04. The maximum Gasteiger partial charge on any atom is 0.113 e. The van der Waals surface area contributed by atoms with Crippen LogP contribution < -0.4 is 5.32 Å². The molecule has 0 radical (unpaired) electrons. The lowest BCUT2D eigenvalue weighted by Gasteiger charge is -2.04. The van der Waals surface area contributed by atoms with Crippen LogP contribution in [0.25, 0.3) is 10.9 Å². The standard InChI is InChI=1S/C15H17N3S/c1-11-10-19-15(17-11)9-18-6-5-13-7-12(8-16-2)3-4-14(13)18/h3-7,10,16H,8-9H2,1-2H3. The molecule has 0 unspecified atom stereocenters. The second kappa shape index (κ2) is 5.15. The minimum Gasteiger partial charge on any atom is -0.341 e. The van der Waals surface area contributed by atoms with Crippen molar-refractivity contribution in [2.24, 2.45) is 0 Å². The third-order valence-electron chi connectivity index (χ3n) is 3.19. The lowest BCUT2D eigenvalue weighted by atomic mass is 10.1. The molecule has 0 fully saturated rings. The van der Waals surface area contributed by atoms with Gasteiger partial charge in [0.15, 0.2) is 0 Å². The third-order valence-corrected chi connectivity index (χ3v) is 4.14. The predicted molar refractivity (Wildman–Crippen MR) is 80.7 cm³/mol. The number of aryl methyl sites for hydroxylation is 1. The molecule has 98 valence electrons. The van der Waals surface area contributed by atoms with E-state index in [-0.39, 0.29) is 0 Å². The molecule has 1 aromatic carbocycles. The molecule has 0 aliphatic rings. The van der Waals surface area contributed by atoms with E-state index in [9.17, 15) is 0 Å². The number of rotatable bonds is 4. The van der Waals surface area contributed by atoms with Crippen molar-refractivity contribution < 1.29 is 0 Å². The number of aromatic nitrogens is 2. The van der Waals surface area contributed by atoms with Gasteiger partial charge in [-0.05, 0) is 43.1 Å². The largest absolute Gasteiger partial charge is 0.341 e. The maximum absolute atomic E-state index is 4.53. The van der Waals surface area contributed by atoms with E-state index in [0.717, 1.165) is 23.8 Å². The zero-order chi connectivity index (χ0) is 13.2. The Morgan fingerprint density at radius 3 is 2.95 bits per heavy atom. The molecule has 3 aromatic rings. The first-order valence-corrected chi connectivity index (χ1v) is 7.27. The normalized spacial score (nSPS) is 11.3. The molecule has 0 spiro atoms. The van der Waals surface area contributed by atoms with E-state index in [1.165, 1.54) is 16.5 Å². The molecular formula is C15H17N3S. The molecule has 0 aliphatic carbocycles. The average Bonchev–Trinajstić information content (AvgIpc) is 2.97. The molecule has 0 saturated carbocycles. The third kappa shape index (κ3) is 2.55. The molecule has 0 aliphatic heterocycles. The Bertz CT molecular complexity index is 696. The van der Waals surface area contributed by atoms with Crippen LogP contribution in [0, 0.1) is 6.92 Å². The van der Waals surface area contributed by atoms with Crippen LogP contribution >= 0.6 is 11.3 Å². The first-order valence-electron chi connectivity index (χ1n) is 6.39. The van der Waals surface area contributed by atoms with Crippen LogP contribution in [0.5, 0.6) is 0 Å². The summed E-state index contributed by atoms with van der Waals surface area (Å²) in [7, 11) is 1.97. The Kier molecular flexibility index (Phi) is 3.36. The van der Waals surface area contributed by atoms with E-state index in [0.29, 0.717) is 0 Å². The van der Waals surface area contributed by atoms with E-state index < -0.39 is 0 Å². The smallest absolute Gasteiger partial charge is 0.113 e. The van der Waals surface area contributed by atoms with Crippen molar-refractivity contribution in [3.63, 3.8) is 0 Å². The molecule has 19 heavy (non-hydrogen) atoms. The summed E-state index contributed by atoms with van der Waals surface area (Å²) < 4.78 is 2.26. The zero-order valence-electron chi connectivity index (χ0n) is 11.2. The topological polar surface area (TPSA) is 29.9 Å². The van der Waals surface area contributed by atoms with Gasteiger partial charge in [0, 0.05) is 29.3 Å². The number of benzene rings is 1. The van der Waals surface area contributed by atoms with Crippen molar-refractivity contribution in [1.82, 2.24) is 14.9 Å². The molecule has 3 nitrogen and oxygen atoms in total. The SMILES string of the molecule is CNCc1ccc2c(ccn2Cc2nc(C)cs2)c1. The van der Waals surface area contributed by atoms with Gasteiger partial charge in [-0.3, -0.25) is 0 Å². The van der Waals surface area contributed by atoms with Gasteiger partial charge in [0.25, 0.3) is 0 Å². The molecule has 0 bridgehead atoms. The molecule has 0 atom stereocenters. The van der Waals surface area contributed by atoms with Gasteiger partial charge < -0.3 is 9.88 Å². The fourth-order valence-corrected chi connectivity index (χ4v) is 3.09. The summed E-state index contributed by atoms with van der Waals surface area (Å²) in [5.74, 6) is 0. The van der Waals surface area contributed by atoms with Crippen LogP contribution in [0.3, 0.4) is 0 Å². The number of hydrogen-bond donors (Lipinski definition) is 1. The second-order valence-electron chi connectivity index (χ2n) is 4.75. The lowest BCUT2D eigenvalue weighted by molar-refractivity contribution is 0.815. The van der Waals surface area contributed by atoms with Crippen LogP contribution in [0.2, 0.25) is 0 Å². The van der Waals surface area contributed by atoms with Crippen molar-refractivity contribution in [1.29, 1.82) is 0 Å². The van der Waals surface area contributed by atoms with Gasteiger partial charge in [-0.25, -0.2) is 4.98 Å². The number of fused-ring (bicyclic) bond motifs is 1. The highest BCUT2D eigenvalue weighted by Crippen LogP contribution is 2.20. The second-order valence-corrected chi connectivity index (χ2v) is 5.69. The van der Waals surface area contributed by atoms with E-state index in [1.54, 1.807) is 11.3 Å². The number of thiazole rings is 1. The highest BCUT2D eigenvalue weighted by molar-refractivity contribution is 7.09. The van der Waals surface area contributed by atoms with Gasteiger partial charge in [-0.2, -0.15) is 0 Å². The van der Waals surface area contributed by atoms with E-state index in [2.05, 4.69) is 50.7 Å². The van der Waals surface area contributed by atoms with Crippen LogP contribution in [0.4, 0.5) is 0 Å². The molecule has 2 heterocycles. The summed E-state index contributed by atoms with van der Waals surface area (Å²) in [6.07, 6.45) is 2.14. The van der Waals surface area contributed by atoms with Gasteiger partial charge in [-0.15, -0.1) is 11.3 Å². The van der Waals surface area contributed by atoms with Crippen molar-refractivity contribution in [3.8, 4) is 0 Å². The first kappa shape index (κ1) is 12.4. The van der Waals surface area contributed by atoms with Crippen molar-refractivity contribution in [2.75, 3.05) is 7.05 Å². The van der Waals surface area contributed by atoms with Crippen LogP contribution in [0.1, 0.15) is 16.3 Å². The van der Waals surface area contributed by atoms with Gasteiger partial charge in [0.2, 0.25) is 0 Å². The van der Waals surface area contributed by atoms with Crippen molar-refractivity contribution in [3.05, 3.63) is 52.1 Å². The molecule has 3 rings (SSSR count). The van der Waals surface area contributed by atoms with Gasteiger partial charge in [0.05, 0.1) is 6.54 Å². The Labute approximate surface area is 116 Å². The quantitative estimate of drug-likeness (QED) is 0.790. The molecular weight excluding hydrogens is 254 g/mol. The summed E-state index contributed by atoms with van der Waals surface area (Å²) in [6.45, 7) is 3.80. The van der Waals surface area contributed by atoms with E-state index in [1.807, 2.05) is 14.0 Å². The summed E-state index contributed by atoms with van der Waals surface area (Å²) in [4.78, 5) is 4.53. The maximum atomic E-state index is 4.53.